The van der Waals surface area contributed by atoms with Crippen LogP contribution in [0.4, 0.5) is 5.82 Å². The van der Waals surface area contributed by atoms with E-state index in [1.54, 1.807) is 6.20 Å². The van der Waals surface area contributed by atoms with Crippen molar-refractivity contribution in [2.75, 3.05) is 16.8 Å². The molecule has 2 atom stereocenters. The second-order valence-electron chi connectivity index (χ2n) is 9.48. The number of aryl methyl sites for hydroxylation is 1. The first kappa shape index (κ1) is 21.9. The van der Waals surface area contributed by atoms with Crippen molar-refractivity contribution in [3.8, 4) is 11.1 Å². The van der Waals surface area contributed by atoms with Crippen LogP contribution in [0.5, 0.6) is 0 Å². The van der Waals surface area contributed by atoms with Gasteiger partial charge in [0.05, 0.1) is 5.54 Å². The zero-order valence-electron chi connectivity index (χ0n) is 18.8. The molecule has 2 unspecified atom stereocenters. The molecular weight excluding hydrogens is 434 g/mol. The number of fused-ring (bicyclic) bond motifs is 1. The van der Waals surface area contributed by atoms with Crippen LogP contribution >= 0.6 is 0 Å². The monoisotopic (exact) mass is 461 g/mol. The van der Waals surface area contributed by atoms with E-state index in [0.29, 0.717) is 22.9 Å². The van der Waals surface area contributed by atoms with Gasteiger partial charge in [-0.05, 0) is 73.0 Å². The van der Waals surface area contributed by atoms with E-state index in [-0.39, 0.29) is 17.7 Å². The number of aromatic nitrogens is 1. The molecule has 1 saturated heterocycles. The Morgan fingerprint density at radius 1 is 1.12 bits per heavy atom. The predicted octanol–water partition coefficient (Wildman–Crippen LogP) is 4.20. The number of carbonyl (C=O) groups excluding carboxylic acids is 2. The minimum Gasteiger partial charge on any atom is -0.616 e. The zero-order valence-corrected chi connectivity index (χ0v) is 19.6. The average Bonchev–Trinajstić information content (AvgIpc) is 3.58. The van der Waals surface area contributed by atoms with Crippen molar-refractivity contribution in [1.29, 1.82) is 0 Å². The van der Waals surface area contributed by atoms with Gasteiger partial charge in [0.1, 0.15) is 17.3 Å². The third-order valence-electron chi connectivity index (χ3n) is 6.51. The fourth-order valence-corrected chi connectivity index (χ4v) is 6.06. The number of hydrogen-bond donors (Lipinski definition) is 2. The van der Waals surface area contributed by atoms with E-state index in [9.17, 15) is 14.1 Å². The van der Waals surface area contributed by atoms with E-state index in [4.69, 9.17) is 0 Å². The van der Waals surface area contributed by atoms with Gasteiger partial charge in [-0.3, -0.25) is 9.59 Å². The van der Waals surface area contributed by atoms with Crippen LogP contribution in [-0.4, -0.2) is 38.4 Å². The van der Waals surface area contributed by atoms with Crippen molar-refractivity contribution in [2.24, 2.45) is 5.92 Å². The number of nitrogens with one attached hydrogen (secondary N) is 2. The second-order valence-corrected chi connectivity index (χ2v) is 11.1. The fourth-order valence-electron chi connectivity index (χ4n) is 4.31. The molecule has 2 aliphatic rings. The van der Waals surface area contributed by atoms with Crippen molar-refractivity contribution in [3.63, 3.8) is 0 Å². The summed E-state index contributed by atoms with van der Waals surface area (Å²) in [6.07, 6.45) is 4.41. The maximum absolute atomic E-state index is 12.9. The van der Waals surface area contributed by atoms with Crippen molar-refractivity contribution in [1.82, 2.24) is 10.3 Å². The predicted molar refractivity (Wildman–Crippen MR) is 132 cm³/mol. The second kappa shape index (κ2) is 8.47. The lowest BCUT2D eigenvalue weighted by atomic mass is 9.95. The summed E-state index contributed by atoms with van der Waals surface area (Å²) in [5, 5.41) is 7.94. The standard InChI is InChI=1S/C26H27N3O3S/c1-16-3-4-20(25(31)29-26(2)9-10-33(32)15-26)12-22(16)19-8-7-18-13-23(27-14-21(18)11-19)28-24(30)17-5-6-17/h3-4,7-8,11-14,17H,5-6,9-10,15H2,1-2H3,(H,29,31)(H,27,28,30). The van der Waals surface area contributed by atoms with Gasteiger partial charge in [0.15, 0.2) is 0 Å². The van der Waals surface area contributed by atoms with Crippen LogP contribution < -0.4 is 10.6 Å². The third kappa shape index (κ3) is 4.75. The first-order chi connectivity index (χ1) is 15.8. The molecule has 6 nitrogen and oxygen atoms in total. The summed E-state index contributed by atoms with van der Waals surface area (Å²) < 4.78 is 11.8. The number of anilines is 1. The van der Waals surface area contributed by atoms with Crippen molar-refractivity contribution in [2.45, 2.75) is 38.6 Å². The lowest BCUT2D eigenvalue weighted by molar-refractivity contribution is -0.117. The molecule has 7 heteroatoms. The highest BCUT2D eigenvalue weighted by Gasteiger charge is 2.39. The normalized spacial score (nSPS) is 22.3. The molecule has 2 fully saturated rings. The Balaban J connectivity index is 1.39. The van der Waals surface area contributed by atoms with Gasteiger partial charge in [-0.1, -0.05) is 29.4 Å². The molecule has 0 spiro atoms. The summed E-state index contributed by atoms with van der Waals surface area (Å²) >= 11 is -0.865. The van der Waals surface area contributed by atoms with Crippen molar-refractivity contribution < 1.29 is 14.1 Å². The van der Waals surface area contributed by atoms with Crippen LogP contribution in [0.25, 0.3) is 21.9 Å². The molecule has 5 rings (SSSR count). The molecule has 170 valence electrons. The van der Waals surface area contributed by atoms with E-state index in [2.05, 4.69) is 21.7 Å². The smallest absolute Gasteiger partial charge is 0.251 e. The van der Waals surface area contributed by atoms with E-state index in [1.807, 2.05) is 50.2 Å². The molecule has 2 aromatic carbocycles. The SMILES string of the molecule is Cc1ccc(C(=O)NC2(C)CC[S+]([O-])C2)cc1-c1ccc2cc(NC(=O)C3CC3)ncc2c1. The summed E-state index contributed by atoms with van der Waals surface area (Å²) in [5.74, 6) is 1.74. The molecule has 33 heavy (non-hydrogen) atoms. The highest BCUT2D eigenvalue weighted by Crippen LogP contribution is 2.32. The summed E-state index contributed by atoms with van der Waals surface area (Å²) in [7, 11) is 0. The summed E-state index contributed by atoms with van der Waals surface area (Å²) in [6.45, 7) is 3.99. The first-order valence-corrected chi connectivity index (χ1v) is 12.8. The quantitative estimate of drug-likeness (QED) is 0.557. The van der Waals surface area contributed by atoms with Gasteiger partial charge in [-0.25, -0.2) is 4.98 Å². The van der Waals surface area contributed by atoms with Gasteiger partial charge in [-0.2, -0.15) is 0 Å². The number of hydrogen-bond acceptors (Lipinski definition) is 4. The number of benzene rings is 2. The van der Waals surface area contributed by atoms with Crippen LogP contribution in [0.3, 0.4) is 0 Å². The van der Waals surface area contributed by atoms with Crippen LogP contribution in [0.1, 0.15) is 42.1 Å². The Morgan fingerprint density at radius 3 is 2.67 bits per heavy atom. The maximum atomic E-state index is 12.9. The summed E-state index contributed by atoms with van der Waals surface area (Å²) in [5.41, 5.74) is 3.22. The van der Waals surface area contributed by atoms with Crippen LogP contribution in [-0.2, 0) is 16.0 Å². The Hall–Kier alpha value is -2.90. The molecule has 2 heterocycles. The van der Waals surface area contributed by atoms with Gasteiger partial charge in [-0.15, -0.1) is 0 Å². The minimum absolute atomic E-state index is 0.0434. The molecule has 3 aromatic rings. The molecule has 2 N–H and O–H groups in total. The van der Waals surface area contributed by atoms with E-state index >= 15 is 0 Å². The van der Waals surface area contributed by atoms with E-state index < -0.39 is 16.7 Å². The molecule has 0 radical (unpaired) electrons. The molecular formula is C26H27N3O3S. The van der Waals surface area contributed by atoms with Crippen molar-refractivity contribution in [3.05, 3.63) is 59.8 Å². The molecule has 1 aliphatic heterocycles. The lowest BCUT2D eigenvalue weighted by Crippen LogP contribution is -2.46. The zero-order chi connectivity index (χ0) is 23.2. The van der Waals surface area contributed by atoms with E-state index in [0.717, 1.165) is 46.7 Å². The lowest BCUT2D eigenvalue weighted by Gasteiger charge is -2.22. The minimum atomic E-state index is -0.865. The van der Waals surface area contributed by atoms with Crippen LogP contribution in [0, 0.1) is 12.8 Å². The molecule has 1 aliphatic carbocycles. The average molecular weight is 462 g/mol. The van der Waals surface area contributed by atoms with Crippen molar-refractivity contribution >= 4 is 39.6 Å². The topological polar surface area (TPSA) is 94.1 Å². The van der Waals surface area contributed by atoms with E-state index in [1.165, 1.54) is 0 Å². The maximum Gasteiger partial charge on any atom is 0.251 e. The highest BCUT2D eigenvalue weighted by molar-refractivity contribution is 7.91. The van der Waals surface area contributed by atoms with Crippen LogP contribution in [0.15, 0.2) is 48.7 Å². The molecule has 2 amide bonds. The molecule has 1 saturated carbocycles. The third-order valence-corrected chi connectivity index (χ3v) is 8.13. The fraction of sp³-hybridized carbons (Fsp3) is 0.346. The van der Waals surface area contributed by atoms with Gasteiger partial charge >= 0.3 is 0 Å². The molecule has 1 aromatic heterocycles. The Kier molecular flexibility index (Phi) is 5.62. The first-order valence-electron chi connectivity index (χ1n) is 11.3. The molecule has 0 bridgehead atoms. The largest absolute Gasteiger partial charge is 0.616 e. The summed E-state index contributed by atoms with van der Waals surface area (Å²) in [6, 6.07) is 13.7. The number of nitrogens with zero attached hydrogens (tertiary/aromatic N) is 1. The Morgan fingerprint density at radius 2 is 1.94 bits per heavy atom. The van der Waals surface area contributed by atoms with Gasteiger partial charge in [0.2, 0.25) is 5.91 Å². The van der Waals surface area contributed by atoms with Crippen LogP contribution in [0.2, 0.25) is 0 Å². The van der Waals surface area contributed by atoms with Gasteiger partial charge in [0, 0.05) is 29.5 Å². The highest BCUT2D eigenvalue weighted by atomic mass is 32.2. The Labute approximate surface area is 196 Å². The number of pyridine rings is 1. The Bertz CT molecular complexity index is 1260. The number of amides is 2. The summed E-state index contributed by atoms with van der Waals surface area (Å²) in [4.78, 5) is 29.4. The number of rotatable bonds is 5. The van der Waals surface area contributed by atoms with Gasteiger partial charge in [0.25, 0.3) is 5.91 Å². The number of carbonyl (C=O) groups is 2. The van der Waals surface area contributed by atoms with Gasteiger partial charge < -0.3 is 15.2 Å².